The van der Waals surface area contributed by atoms with E-state index >= 15 is 0 Å². The largest absolute Gasteiger partial charge is 0.449 e. The maximum Gasteiger partial charge on any atom is 0.421 e. The molecule has 0 aliphatic carbocycles. The summed E-state index contributed by atoms with van der Waals surface area (Å²) in [7, 11) is 0. The third-order valence-electron chi connectivity index (χ3n) is 3.26. The summed E-state index contributed by atoms with van der Waals surface area (Å²) in [5.41, 5.74) is 1.28. The van der Waals surface area contributed by atoms with E-state index in [9.17, 15) is 9.59 Å². The first-order valence-corrected chi connectivity index (χ1v) is 6.99. The third-order valence-corrected chi connectivity index (χ3v) is 3.26. The van der Waals surface area contributed by atoms with E-state index in [1.807, 2.05) is 18.2 Å². The minimum atomic E-state index is -0.615. The van der Waals surface area contributed by atoms with Gasteiger partial charge in [-0.1, -0.05) is 31.5 Å². The molecular weight excluding hydrogens is 254 g/mol. The SMILES string of the molecule is CCCCc1cc(=O)n(C(=O)OCC)c2ccccc12. The van der Waals surface area contributed by atoms with E-state index in [4.69, 9.17) is 4.74 Å². The van der Waals surface area contributed by atoms with Crippen LogP contribution in [0.25, 0.3) is 10.9 Å². The predicted molar refractivity (Wildman–Crippen MR) is 79.2 cm³/mol. The van der Waals surface area contributed by atoms with Crippen molar-refractivity contribution in [2.45, 2.75) is 33.1 Å². The van der Waals surface area contributed by atoms with Gasteiger partial charge in [0.15, 0.2) is 0 Å². The second-order valence-corrected chi connectivity index (χ2v) is 4.66. The van der Waals surface area contributed by atoms with Gasteiger partial charge in [0.25, 0.3) is 5.56 Å². The average Bonchev–Trinajstić information content (AvgIpc) is 2.44. The Balaban J connectivity index is 2.63. The topological polar surface area (TPSA) is 48.3 Å². The number of unbranched alkanes of at least 4 members (excludes halogenated alkanes) is 1. The van der Waals surface area contributed by atoms with Crippen molar-refractivity contribution in [3.8, 4) is 0 Å². The van der Waals surface area contributed by atoms with Gasteiger partial charge in [-0.3, -0.25) is 4.79 Å². The van der Waals surface area contributed by atoms with Crippen LogP contribution >= 0.6 is 0 Å². The number of pyridine rings is 1. The van der Waals surface area contributed by atoms with Crippen LogP contribution in [0.3, 0.4) is 0 Å². The van der Waals surface area contributed by atoms with Crippen molar-refractivity contribution in [2.24, 2.45) is 0 Å². The minimum absolute atomic E-state index is 0.247. The van der Waals surface area contributed by atoms with Crippen LogP contribution in [0.5, 0.6) is 0 Å². The number of aryl methyl sites for hydroxylation is 1. The molecule has 0 bridgehead atoms. The van der Waals surface area contributed by atoms with Crippen LogP contribution in [0.4, 0.5) is 4.79 Å². The number of benzene rings is 1. The van der Waals surface area contributed by atoms with Gasteiger partial charge in [0.05, 0.1) is 12.1 Å². The molecular formula is C16H19NO3. The van der Waals surface area contributed by atoms with Crippen molar-refractivity contribution in [3.63, 3.8) is 0 Å². The van der Waals surface area contributed by atoms with Crippen molar-refractivity contribution >= 4 is 17.0 Å². The molecule has 0 aliphatic heterocycles. The van der Waals surface area contributed by atoms with E-state index in [1.54, 1.807) is 19.1 Å². The first-order valence-electron chi connectivity index (χ1n) is 6.99. The lowest BCUT2D eigenvalue weighted by atomic mass is 10.0. The van der Waals surface area contributed by atoms with Crippen molar-refractivity contribution in [1.29, 1.82) is 0 Å². The van der Waals surface area contributed by atoms with E-state index in [2.05, 4.69) is 6.92 Å². The second kappa shape index (κ2) is 6.37. The highest BCUT2D eigenvalue weighted by Crippen LogP contribution is 2.18. The van der Waals surface area contributed by atoms with Crippen LogP contribution in [0.15, 0.2) is 35.1 Å². The number of hydrogen-bond acceptors (Lipinski definition) is 3. The molecule has 0 spiro atoms. The number of aromatic nitrogens is 1. The lowest BCUT2D eigenvalue weighted by Crippen LogP contribution is -2.28. The molecule has 1 heterocycles. The van der Waals surface area contributed by atoms with Crippen LogP contribution in [-0.4, -0.2) is 17.3 Å². The molecule has 1 aromatic carbocycles. The van der Waals surface area contributed by atoms with Gasteiger partial charge in [0, 0.05) is 11.5 Å². The Morgan fingerprint density at radius 3 is 2.70 bits per heavy atom. The van der Waals surface area contributed by atoms with E-state index in [1.165, 1.54) is 0 Å². The van der Waals surface area contributed by atoms with E-state index in [0.29, 0.717) is 5.52 Å². The monoisotopic (exact) mass is 273 g/mol. The first kappa shape index (κ1) is 14.3. The number of nitrogens with zero attached hydrogens (tertiary/aromatic N) is 1. The zero-order valence-corrected chi connectivity index (χ0v) is 11.9. The number of para-hydroxylation sites is 1. The normalized spacial score (nSPS) is 10.7. The quantitative estimate of drug-likeness (QED) is 0.858. The molecule has 2 rings (SSSR count). The third kappa shape index (κ3) is 2.74. The Labute approximate surface area is 118 Å². The summed E-state index contributed by atoms with van der Waals surface area (Å²) in [6, 6.07) is 9.01. The van der Waals surface area contributed by atoms with Crippen LogP contribution < -0.4 is 5.56 Å². The molecule has 0 aliphatic rings. The molecule has 0 saturated carbocycles. The molecule has 0 atom stereocenters. The van der Waals surface area contributed by atoms with Gasteiger partial charge in [-0.05, 0) is 31.4 Å². The predicted octanol–water partition coefficient (Wildman–Crippen LogP) is 3.35. The summed E-state index contributed by atoms with van der Waals surface area (Å²) < 4.78 is 6.07. The maximum absolute atomic E-state index is 12.2. The van der Waals surface area contributed by atoms with Gasteiger partial charge in [0.2, 0.25) is 0 Å². The van der Waals surface area contributed by atoms with Crippen LogP contribution in [0, 0.1) is 0 Å². The smallest absolute Gasteiger partial charge is 0.421 e. The molecule has 0 fully saturated rings. The summed E-state index contributed by atoms with van der Waals surface area (Å²) in [6.45, 7) is 4.08. The Morgan fingerprint density at radius 1 is 1.25 bits per heavy atom. The van der Waals surface area contributed by atoms with Crippen LogP contribution in [0.2, 0.25) is 0 Å². The highest BCUT2D eigenvalue weighted by molar-refractivity contribution is 5.90. The average molecular weight is 273 g/mol. The lowest BCUT2D eigenvalue weighted by Gasteiger charge is -2.12. The minimum Gasteiger partial charge on any atom is -0.449 e. The molecule has 20 heavy (non-hydrogen) atoms. The van der Waals surface area contributed by atoms with Crippen molar-refractivity contribution < 1.29 is 9.53 Å². The molecule has 1 aromatic heterocycles. The summed E-state index contributed by atoms with van der Waals surface area (Å²) >= 11 is 0. The Bertz CT molecular complexity index is 673. The van der Waals surface area contributed by atoms with E-state index < -0.39 is 6.09 Å². The zero-order valence-electron chi connectivity index (χ0n) is 11.9. The number of carbonyl (C=O) groups excluding carboxylic acids is 1. The molecule has 4 heteroatoms. The van der Waals surface area contributed by atoms with Crippen molar-refractivity contribution in [1.82, 2.24) is 4.57 Å². The van der Waals surface area contributed by atoms with E-state index in [-0.39, 0.29) is 12.2 Å². The molecule has 4 nitrogen and oxygen atoms in total. The van der Waals surface area contributed by atoms with Crippen molar-refractivity contribution in [3.05, 3.63) is 46.2 Å². The molecule has 0 saturated heterocycles. The molecule has 0 unspecified atom stereocenters. The molecule has 0 radical (unpaired) electrons. The van der Waals surface area contributed by atoms with Gasteiger partial charge >= 0.3 is 6.09 Å². The summed E-state index contributed by atoms with van der Waals surface area (Å²) in [5, 5.41) is 0.939. The standard InChI is InChI=1S/C16H19NO3/c1-3-5-8-12-11-15(18)17(16(19)20-4-2)14-10-7-6-9-13(12)14/h6-7,9-11H,3-5,8H2,1-2H3. The molecule has 0 N–H and O–H groups in total. The lowest BCUT2D eigenvalue weighted by molar-refractivity contribution is 0.154. The Morgan fingerprint density at radius 2 is 2.00 bits per heavy atom. The molecule has 106 valence electrons. The summed E-state index contributed by atoms with van der Waals surface area (Å²) in [4.78, 5) is 24.1. The van der Waals surface area contributed by atoms with Gasteiger partial charge in [-0.2, -0.15) is 0 Å². The highest BCUT2D eigenvalue weighted by Gasteiger charge is 2.14. The van der Waals surface area contributed by atoms with Crippen LogP contribution in [-0.2, 0) is 11.2 Å². The molecule has 2 aromatic rings. The number of rotatable bonds is 4. The van der Waals surface area contributed by atoms with E-state index in [0.717, 1.165) is 34.8 Å². The van der Waals surface area contributed by atoms with Crippen LogP contribution in [0.1, 0.15) is 32.3 Å². The number of ether oxygens (including phenoxy) is 1. The first-order chi connectivity index (χ1) is 9.69. The summed E-state index contributed by atoms with van der Waals surface area (Å²) in [5.74, 6) is 0. The fourth-order valence-electron chi connectivity index (χ4n) is 2.30. The number of carbonyl (C=O) groups is 1. The highest BCUT2D eigenvalue weighted by atomic mass is 16.5. The van der Waals surface area contributed by atoms with Gasteiger partial charge in [-0.25, -0.2) is 9.36 Å². The fraction of sp³-hybridized carbons (Fsp3) is 0.375. The Kier molecular flexibility index (Phi) is 4.56. The molecule has 0 amide bonds. The van der Waals surface area contributed by atoms with Gasteiger partial charge in [-0.15, -0.1) is 0 Å². The summed E-state index contributed by atoms with van der Waals surface area (Å²) in [6.07, 6.45) is 2.31. The second-order valence-electron chi connectivity index (χ2n) is 4.66. The number of fused-ring (bicyclic) bond motifs is 1. The Hall–Kier alpha value is -2.10. The maximum atomic E-state index is 12.2. The fourth-order valence-corrected chi connectivity index (χ4v) is 2.30. The number of hydrogen-bond donors (Lipinski definition) is 0. The van der Waals surface area contributed by atoms with Gasteiger partial charge < -0.3 is 4.74 Å². The van der Waals surface area contributed by atoms with Crippen molar-refractivity contribution in [2.75, 3.05) is 6.61 Å². The zero-order chi connectivity index (χ0) is 14.5. The van der Waals surface area contributed by atoms with Gasteiger partial charge in [0.1, 0.15) is 0 Å².